The number of hydrogen-bond donors (Lipinski definition) is 0. The molecule has 0 aliphatic carbocycles. The van der Waals surface area contributed by atoms with Gasteiger partial charge in [-0.2, -0.15) is 13.2 Å². The number of aryl methyl sites for hydroxylation is 1. The van der Waals surface area contributed by atoms with Gasteiger partial charge in [-0.05, 0) is 36.2 Å². The average molecular weight is 343 g/mol. The Morgan fingerprint density at radius 3 is 2.33 bits per heavy atom. The second-order valence-electron chi connectivity index (χ2n) is 5.18. The Bertz CT molecular complexity index is 759. The van der Waals surface area contributed by atoms with Gasteiger partial charge in [-0.1, -0.05) is 12.1 Å². The number of benzene rings is 2. The minimum Gasteiger partial charge on any atom is -0.372 e. The molecule has 0 aromatic heterocycles. The molecule has 0 aliphatic heterocycles. The molecule has 2 aromatic rings. The second kappa shape index (κ2) is 6.96. The van der Waals surface area contributed by atoms with Crippen LogP contribution in [0.4, 0.5) is 23.2 Å². The van der Waals surface area contributed by atoms with Gasteiger partial charge < -0.3 is 4.74 Å². The molecule has 0 radical (unpaired) electrons. The smallest absolute Gasteiger partial charge is 0.372 e. The fourth-order valence-electron chi connectivity index (χ4n) is 2.18. The molecule has 0 saturated carbocycles. The summed E-state index contributed by atoms with van der Waals surface area (Å²) in [5, 5.41) is 11.0. The maximum Gasteiger partial charge on any atom is 0.416 e. The molecule has 0 fully saturated rings. The number of hydrogen-bond acceptors (Lipinski definition) is 3. The highest BCUT2D eigenvalue weighted by atomic mass is 19.4. The first kappa shape index (κ1) is 17.9. The number of nitro benzene ring substituents is 1. The van der Waals surface area contributed by atoms with Crippen molar-refractivity contribution in [1.29, 1.82) is 0 Å². The lowest BCUT2D eigenvalue weighted by Crippen LogP contribution is -2.11. The summed E-state index contributed by atoms with van der Waals surface area (Å²) in [6.45, 7) is 1.01. The molecule has 4 nitrogen and oxygen atoms in total. The van der Waals surface area contributed by atoms with Crippen LogP contribution in [0.15, 0.2) is 36.4 Å². The van der Waals surface area contributed by atoms with Gasteiger partial charge in [-0.3, -0.25) is 10.1 Å². The molecular formula is C16H13F4NO3. The van der Waals surface area contributed by atoms with E-state index in [1.165, 1.54) is 12.1 Å². The summed E-state index contributed by atoms with van der Waals surface area (Å²) >= 11 is 0. The van der Waals surface area contributed by atoms with E-state index in [1.807, 2.05) is 0 Å². The number of halogens is 4. The highest BCUT2D eigenvalue weighted by molar-refractivity contribution is 5.42. The van der Waals surface area contributed by atoms with Crippen molar-refractivity contribution in [3.8, 4) is 0 Å². The topological polar surface area (TPSA) is 52.4 Å². The molecule has 2 aromatic carbocycles. The molecule has 24 heavy (non-hydrogen) atoms. The Morgan fingerprint density at radius 2 is 1.71 bits per heavy atom. The molecule has 128 valence electrons. The molecule has 0 spiro atoms. The van der Waals surface area contributed by atoms with Crippen LogP contribution in [0, 0.1) is 22.9 Å². The van der Waals surface area contributed by atoms with E-state index in [-0.39, 0.29) is 23.4 Å². The Morgan fingerprint density at radius 1 is 1.08 bits per heavy atom. The fraction of sp³-hybridized carbons (Fsp3) is 0.250. The fourth-order valence-corrected chi connectivity index (χ4v) is 2.18. The second-order valence-corrected chi connectivity index (χ2v) is 5.18. The molecule has 8 heteroatoms. The van der Waals surface area contributed by atoms with E-state index >= 15 is 0 Å². The average Bonchev–Trinajstić information content (AvgIpc) is 2.49. The van der Waals surface area contributed by atoms with E-state index in [4.69, 9.17) is 4.74 Å². The first-order valence-corrected chi connectivity index (χ1v) is 6.86. The Hall–Kier alpha value is -2.48. The Labute approximate surface area is 134 Å². The van der Waals surface area contributed by atoms with Crippen LogP contribution in [-0.4, -0.2) is 4.92 Å². The Balaban J connectivity index is 2.15. The van der Waals surface area contributed by atoms with E-state index < -0.39 is 29.1 Å². The summed E-state index contributed by atoms with van der Waals surface area (Å²) in [5.41, 5.74) is -0.589. The maximum atomic E-state index is 13.0. The number of alkyl halides is 3. The van der Waals surface area contributed by atoms with Crippen molar-refractivity contribution in [2.24, 2.45) is 0 Å². The molecule has 0 aliphatic rings. The largest absolute Gasteiger partial charge is 0.416 e. The minimum absolute atomic E-state index is 0.162. The monoisotopic (exact) mass is 343 g/mol. The molecular weight excluding hydrogens is 330 g/mol. The first-order chi connectivity index (χ1) is 11.2. The third-order valence-corrected chi connectivity index (χ3v) is 3.33. The zero-order chi connectivity index (χ0) is 17.9. The van der Waals surface area contributed by atoms with Crippen molar-refractivity contribution in [2.45, 2.75) is 26.3 Å². The molecule has 0 heterocycles. The van der Waals surface area contributed by atoms with Crippen molar-refractivity contribution >= 4 is 5.69 Å². The van der Waals surface area contributed by atoms with Crippen LogP contribution in [0.3, 0.4) is 0 Å². The highest BCUT2D eigenvalue weighted by Crippen LogP contribution is 2.33. The summed E-state index contributed by atoms with van der Waals surface area (Å²) in [6.07, 6.45) is -4.71. The van der Waals surface area contributed by atoms with Crippen molar-refractivity contribution in [1.82, 2.24) is 0 Å². The van der Waals surface area contributed by atoms with E-state index in [1.54, 1.807) is 13.0 Å². The predicted octanol–water partition coefficient (Wildman–Crippen LogP) is 4.78. The molecule has 0 saturated heterocycles. The summed E-state index contributed by atoms with van der Waals surface area (Å²) in [4.78, 5) is 10.4. The SMILES string of the molecule is Cc1ccc(COCc2ccc(F)cc2C(F)(F)F)c([N+](=O)[O-])c1. The molecule has 0 N–H and O–H groups in total. The van der Waals surface area contributed by atoms with Crippen LogP contribution in [0.1, 0.15) is 22.3 Å². The van der Waals surface area contributed by atoms with E-state index in [0.717, 1.165) is 12.1 Å². The van der Waals surface area contributed by atoms with Crippen LogP contribution >= 0.6 is 0 Å². The Kier molecular flexibility index (Phi) is 5.18. The van der Waals surface area contributed by atoms with Gasteiger partial charge in [0.2, 0.25) is 0 Å². The summed E-state index contributed by atoms with van der Waals surface area (Å²) in [5.74, 6) is -1.000. The maximum absolute atomic E-state index is 13.0. The number of ether oxygens (including phenoxy) is 1. The van der Waals surface area contributed by atoms with Gasteiger partial charge in [0.25, 0.3) is 5.69 Å². The van der Waals surface area contributed by atoms with Crippen LogP contribution in [0.2, 0.25) is 0 Å². The standard InChI is InChI=1S/C16H13F4NO3/c1-10-2-3-12(15(6-10)21(22)23)9-24-8-11-4-5-13(17)7-14(11)16(18,19)20/h2-7H,8-9H2,1H3. The van der Waals surface area contributed by atoms with Crippen LogP contribution < -0.4 is 0 Å². The summed E-state index contributed by atoms with van der Waals surface area (Å²) in [6, 6.07) is 6.78. The zero-order valence-electron chi connectivity index (χ0n) is 12.6. The minimum atomic E-state index is -4.71. The third kappa shape index (κ3) is 4.29. The van der Waals surface area contributed by atoms with Crippen molar-refractivity contribution < 1.29 is 27.2 Å². The molecule has 0 amide bonds. The van der Waals surface area contributed by atoms with Crippen LogP contribution in [0.25, 0.3) is 0 Å². The number of nitrogens with zero attached hydrogens (tertiary/aromatic N) is 1. The lowest BCUT2D eigenvalue weighted by molar-refractivity contribution is -0.386. The normalized spacial score (nSPS) is 11.5. The van der Waals surface area contributed by atoms with Crippen molar-refractivity contribution in [3.63, 3.8) is 0 Å². The van der Waals surface area contributed by atoms with E-state index in [2.05, 4.69) is 0 Å². The quantitative estimate of drug-likeness (QED) is 0.446. The predicted molar refractivity (Wildman–Crippen MR) is 77.7 cm³/mol. The van der Waals surface area contributed by atoms with E-state index in [0.29, 0.717) is 11.6 Å². The number of nitro groups is 1. The molecule has 0 unspecified atom stereocenters. The highest BCUT2D eigenvalue weighted by Gasteiger charge is 2.33. The lowest BCUT2D eigenvalue weighted by atomic mass is 10.1. The van der Waals surface area contributed by atoms with Crippen LogP contribution in [0.5, 0.6) is 0 Å². The lowest BCUT2D eigenvalue weighted by Gasteiger charge is -2.13. The van der Waals surface area contributed by atoms with Gasteiger partial charge in [-0.25, -0.2) is 4.39 Å². The van der Waals surface area contributed by atoms with Gasteiger partial charge in [0.05, 0.1) is 29.3 Å². The molecule has 0 atom stereocenters. The first-order valence-electron chi connectivity index (χ1n) is 6.86. The summed E-state index contributed by atoms with van der Waals surface area (Å²) in [7, 11) is 0. The van der Waals surface area contributed by atoms with Crippen LogP contribution in [-0.2, 0) is 24.1 Å². The number of rotatable bonds is 5. The van der Waals surface area contributed by atoms with E-state index in [9.17, 15) is 27.7 Å². The van der Waals surface area contributed by atoms with Crippen molar-refractivity contribution in [3.05, 3.63) is 74.6 Å². The van der Waals surface area contributed by atoms with Crippen molar-refractivity contribution in [2.75, 3.05) is 0 Å². The van der Waals surface area contributed by atoms with Gasteiger partial charge in [0.1, 0.15) is 5.82 Å². The zero-order valence-corrected chi connectivity index (χ0v) is 12.6. The van der Waals surface area contributed by atoms with Gasteiger partial charge in [0.15, 0.2) is 0 Å². The summed E-state index contributed by atoms with van der Waals surface area (Å²) < 4.78 is 56.9. The van der Waals surface area contributed by atoms with Gasteiger partial charge >= 0.3 is 6.18 Å². The molecule has 0 bridgehead atoms. The van der Waals surface area contributed by atoms with Gasteiger partial charge in [-0.15, -0.1) is 0 Å². The third-order valence-electron chi connectivity index (χ3n) is 3.33. The van der Waals surface area contributed by atoms with Gasteiger partial charge in [0, 0.05) is 6.07 Å². The molecule has 2 rings (SSSR count).